The molecule has 0 unspecified atom stereocenters. The molecule has 9 heteroatoms. The summed E-state index contributed by atoms with van der Waals surface area (Å²) in [5.74, 6) is 0.600. The molecule has 2 saturated heterocycles. The summed E-state index contributed by atoms with van der Waals surface area (Å²) >= 11 is 1.39. The van der Waals surface area contributed by atoms with Gasteiger partial charge in [0.1, 0.15) is 5.69 Å². The lowest BCUT2D eigenvalue weighted by Crippen LogP contribution is -2.49. The maximum Gasteiger partial charge on any atom is 0.274 e. The first kappa shape index (κ1) is 19.3. The van der Waals surface area contributed by atoms with Crippen molar-refractivity contribution in [1.82, 2.24) is 24.4 Å². The maximum atomic E-state index is 13.1. The topological polar surface area (TPSA) is 74.1 Å². The number of hydrogen-bond donors (Lipinski definition) is 0. The molecular formula is C19H28N6O2S. The molecule has 28 heavy (non-hydrogen) atoms. The predicted molar refractivity (Wildman–Crippen MR) is 110 cm³/mol. The Morgan fingerprint density at radius 3 is 2.57 bits per heavy atom. The van der Waals surface area contributed by atoms with Crippen molar-refractivity contribution in [1.29, 1.82) is 0 Å². The molecule has 2 aliphatic rings. The quantitative estimate of drug-likeness (QED) is 0.770. The van der Waals surface area contributed by atoms with Gasteiger partial charge in [-0.3, -0.25) is 14.5 Å². The first-order valence-electron chi connectivity index (χ1n) is 10.2. The zero-order chi connectivity index (χ0) is 19.7. The Morgan fingerprint density at radius 1 is 1.18 bits per heavy atom. The smallest absolute Gasteiger partial charge is 0.274 e. The minimum atomic E-state index is -0.379. The van der Waals surface area contributed by atoms with Gasteiger partial charge in [0.05, 0.1) is 0 Å². The number of rotatable bonds is 4. The van der Waals surface area contributed by atoms with E-state index in [1.54, 1.807) is 4.52 Å². The average molecular weight is 405 g/mol. The molecule has 0 aromatic carbocycles. The highest BCUT2D eigenvalue weighted by Gasteiger charge is 2.26. The van der Waals surface area contributed by atoms with Crippen molar-refractivity contribution in [2.45, 2.75) is 33.1 Å². The van der Waals surface area contributed by atoms with E-state index in [2.05, 4.69) is 33.7 Å². The molecule has 8 nitrogen and oxygen atoms in total. The first-order chi connectivity index (χ1) is 13.5. The van der Waals surface area contributed by atoms with Gasteiger partial charge < -0.3 is 9.80 Å². The Bertz CT molecular complexity index is 893. The van der Waals surface area contributed by atoms with E-state index in [1.165, 1.54) is 17.4 Å². The highest BCUT2D eigenvalue weighted by molar-refractivity contribution is 7.20. The molecule has 0 saturated carbocycles. The predicted octanol–water partition coefficient (Wildman–Crippen LogP) is 1.56. The van der Waals surface area contributed by atoms with Gasteiger partial charge in [-0.05, 0) is 31.7 Å². The fourth-order valence-corrected chi connectivity index (χ4v) is 4.90. The van der Waals surface area contributed by atoms with E-state index < -0.39 is 0 Å². The molecule has 2 fully saturated rings. The molecule has 4 rings (SSSR count). The minimum absolute atomic E-state index is 0.130. The Labute approximate surface area is 168 Å². The third-order valence-corrected chi connectivity index (χ3v) is 6.69. The number of piperazine rings is 1. The van der Waals surface area contributed by atoms with Gasteiger partial charge >= 0.3 is 0 Å². The summed E-state index contributed by atoms with van der Waals surface area (Å²) in [6, 6.07) is 1.33. The summed E-state index contributed by atoms with van der Waals surface area (Å²) in [7, 11) is 0. The van der Waals surface area contributed by atoms with Crippen LogP contribution in [-0.4, -0.2) is 76.1 Å². The van der Waals surface area contributed by atoms with Crippen LogP contribution in [0.5, 0.6) is 0 Å². The van der Waals surface area contributed by atoms with Gasteiger partial charge in [0, 0.05) is 45.3 Å². The van der Waals surface area contributed by atoms with Crippen molar-refractivity contribution in [2.24, 2.45) is 5.92 Å². The molecule has 0 N–H and O–H groups in total. The van der Waals surface area contributed by atoms with Crippen LogP contribution in [0, 0.1) is 5.92 Å². The fraction of sp³-hybridized carbons (Fsp3) is 0.684. The lowest BCUT2D eigenvalue weighted by Gasteiger charge is -2.34. The van der Waals surface area contributed by atoms with Crippen LogP contribution in [0.2, 0.25) is 0 Å². The van der Waals surface area contributed by atoms with Crippen molar-refractivity contribution >= 4 is 27.3 Å². The van der Waals surface area contributed by atoms with Crippen LogP contribution >= 0.6 is 11.3 Å². The fourth-order valence-electron chi connectivity index (χ4n) is 3.94. The second kappa shape index (κ2) is 8.16. The standard InChI is InChI=1S/C19H28N6O2S/c1-3-6-22-9-11-23(12-10-22)17(27)15-13-16(26)20-18-25(15)21-19(28-18)24-7-4-14(2)5-8-24/h13-14H,3-12H2,1-2H3. The molecule has 2 aromatic heterocycles. The molecule has 1 amide bonds. The van der Waals surface area contributed by atoms with Gasteiger partial charge in [-0.2, -0.15) is 9.50 Å². The molecule has 0 aliphatic carbocycles. The van der Waals surface area contributed by atoms with Crippen LogP contribution in [0.25, 0.3) is 4.96 Å². The van der Waals surface area contributed by atoms with E-state index in [1.807, 2.05) is 4.90 Å². The number of amides is 1. The van der Waals surface area contributed by atoms with E-state index in [9.17, 15) is 9.59 Å². The van der Waals surface area contributed by atoms with Crippen molar-refractivity contribution in [2.75, 3.05) is 50.7 Å². The van der Waals surface area contributed by atoms with Gasteiger partial charge in [-0.15, -0.1) is 5.10 Å². The number of carbonyl (C=O) groups excluding carboxylic acids is 1. The van der Waals surface area contributed by atoms with Gasteiger partial charge in [0.15, 0.2) is 0 Å². The largest absolute Gasteiger partial charge is 0.347 e. The van der Waals surface area contributed by atoms with E-state index in [4.69, 9.17) is 0 Å². The second-order valence-electron chi connectivity index (χ2n) is 7.86. The Balaban J connectivity index is 1.58. The molecule has 4 heterocycles. The molecule has 0 bridgehead atoms. The van der Waals surface area contributed by atoms with Crippen molar-refractivity contribution < 1.29 is 4.79 Å². The number of hydrogen-bond acceptors (Lipinski definition) is 7. The molecule has 0 radical (unpaired) electrons. The van der Waals surface area contributed by atoms with E-state index in [0.29, 0.717) is 23.7 Å². The second-order valence-corrected chi connectivity index (χ2v) is 8.80. The third kappa shape index (κ3) is 3.91. The Morgan fingerprint density at radius 2 is 1.89 bits per heavy atom. The summed E-state index contributed by atoms with van der Waals surface area (Å²) in [4.78, 5) is 36.3. The number of anilines is 1. The SMILES string of the molecule is CCCN1CCN(C(=O)c2cc(=O)nc3sc(N4CCC(C)CC4)nn23)CC1. The van der Waals surface area contributed by atoms with E-state index >= 15 is 0 Å². The van der Waals surface area contributed by atoms with Gasteiger partial charge in [0.25, 0.3) is 11.5 Å². The maximum absolute atomic E-state index is 13.1. The Hall–Kier alpha value is -2.00. The van der Waals surface area contributed by atoms with Gasteiger partial charge in [-0.25, -0.2) is 0 Å². The van der Waals surface area contributed by atoms with Gasteiger partial charge in [0.2, 0.25) is 10.1 Å². The molecule has 0 spiro atoms. The van der Waals surface area contributed by atoms with Crippen LogP contribution in [0.15, 0.2) is 10.9 Å². The number of carbonyl (C=O) groups is 1. The van der Waals surface area contributed by atoms with Crippen LogP contribution < -0.4 is 10.5 Å². The van der Waals surface area contributed by atoms with E-state index in [0.717, 1.165) is 63.0 Å². The van der Waals surface area contributed by atoms with Crippen LogP contribution in [0.4, 0.5) is 5.13 Å². The number of nitrogens with zero attached hydrogens (tertiary/aromatic N) is 6. The van der Waals surface area contributed by atoms with E-state index in [-0.39, 0.29) is 11.5 Å². The lowest BCUT2D eigenvalue weighted by molar-refractivity contribution is 0.0628. The van der Waals surface area contributed by atoms with Crippen LogP contribution in [0.3, 0.4) is 0 Å². The molecule has 2 aliphatic heterocycles. The first-order valence-corrected chi connectivity index (χ1v) is 11.0. The average Bonchev–Trinajstić information content (AvgIpc) is 3.12. The summed E-state index contributed by atoms with van der Waals surface area (Å²) in [6.45, 7) is 10.5. The van der Waals surface area contributed by atoms with Gasteiger partial charge in [-0.1, -0.05) is 25.2 Å². The zero-order valence-corrected chi connectivity index (χ0v) is 17.5. The molecular weight excluding hydrogens is 376 g/mol. The number of piperidine rings is 1. The van der Waals surface area contributed by atoms with Crippen molar-refractivity contribution in [3.8, 4) is 0 Å². The monoisotopic (exact) mass is 404 g/mol. The summed E-state index contributed by atoms with van der Waals surface area (Å²) in [5.41, 5.74) is -0.0535. The normalized spacial score (nSPS) is 19.5. The molecule has 152 valence electrons. The van der Waals surface area contributed by atoms with Crippen molar-refractivity contribution in [3.63, 3.8) is 0 Å². The highest BCUT2D eigenvalue weighted by atomic mass is 32.1. The number of aromatic nitrogens is 3. The summed E-state index contributed by atoms with van der Waals surface area (Å²) in [5, 5.41) is 5.50. The van der Waals surface area contributed by atoms with Crippen LogP contribution in [-0.2, 0) is 0 Å². The number of fused-ring (bicyclic) bond motifs is 1. The minimum Gasteiger partial charge on any atom is -0.347 e. The van der Waals surface area contributed by atoms with Crippen LogP contribution in [0.1, 0.15) is 43.6 Å². The van der Waals surface area contributed by atoms with Crippen molar-refractivity contribution in [3.05, 3.63) is 22.1 Å². The summed E-state index contributed by atoms with van der Waals surface area (Å²) < 4.78 is 1.57. The summed E-state index contributed by atoms with van der Waals surface area (Å²) in [6.07, 6.45) is 3.38. The lowest BCUT2D eigenvalue weighted by atomic mass is 10.00. The molecule has 2 aromatic rings. The Kier molecular flexibility index (Phi) is 5.63. The zero-order valence-electron chi connectivity index (χ0n) is 16.6. The molecule has 0 atom stereocenters. The third-order valence-electron chi connectivity index (χ3n) is 5.72. The highest BCUT2D eigenvalue weighted by Crippen LogP contribution is 2.27.